The van der Waals surface area contributed by atoms with Crippen LogP contribution in [0.25, 0.3) is 5.52 Å². The van der Waals surface area contributed by atoms with E-state index in [0.29, 0.717) is 12.3 Å². The fourth-order valence-electron chi connectivity index (χ4n) is 3.62. The second kappa shape index (κ2) is 5.19. The Morgan fingerprint density at radius 2 is 2.25 bits per heavy atom. The number of aromatic nitrogens is 4. The number of pyridine rings is 1. The molecule has 122 valence electrons. The highest BCUT2D eigenvalue weighted by atomic mass is 16.2. The van der Waals surface area contributed by atoms with Gasteiger partial charge in [0.05, 0.1) is 23.2 Å². The summed E-state index contributed by atoms with van der Waals surface area (Å²) in [5.74, 6) is 0.813. The number of rotatable bonds is 3. The van der Waals surface area contributed by atoms with Crippen molar-refractivity contribution in [1.29, 1.82) is 0 Å². The number of imidazole rings is 1. The van der Waals surface area contributed by atoms with Gasteiger partial charge in [-0.3, -0.25) is 4.79 Å². The average molecular weight is 321 g/mol. The van der Waals surface area contributed by atoms with Crippen molar-refractivity contribution in [3.05, 3.63) is 53.9 Å². The minimum absolute atomic E-state index is 0.189. The van der Waals surface area contributed by atoms with E-state index in [9.17, 15) is 4.79 Å². The van der Waals surface area contributed by atoms with Crippen molar-refractivity contribution in [2.45, 2.75) is 31.7 Å². The first-order valence-corrected chi connectivity index (χ1v) is 8.55. The summed E-state index contributed by atoms with van der Waals surface area (Å²) in [4.78, 5) is 22.5. The lowest BCUT2D eigenvalue weighted by Crippen LogP contribution is -2.41. The maximum atomic E-state index is 12.8. The Bertz CT molecular complexity index is 874. The molecule has 1 atom stereocenters. The molecule has 3 aromatic rings. The summed E-state index contributed by atoms with van der Waals surface area (Å²) in [5, 5.41) is 4.71. The summed E-state index contributed by atoms with van der Waals surface area (Å²) in [6.45, 7) is 0.722. The van der Waals surface area contributed by atoms with Crippen molar-refractivity contribution >= 4 is 11.4 Å². The van der Waals surface area contributed by atoms with Gasteiger partial charge in [0, 0.05) is 31.3 Å². The van der Waals surface area contributed by atoms with Crippen molar-refractivity contribution in [2.75, 3.05) is 6.54 Å². The number of aromatic amines is 1. The van der Waals surface area contributed by atoms with Crippen LogP contribution in [0.1, 0.15) is 42.4 Å². The van der Waals surface area contributed by atoms with E-state index in [1.807, 2.05) is 33.8 Å². The third-order valence-electron chi connectivity index (χ3n) is 5.07. The molecule has 1 fully saturated rings. The average Bonchev–Trinajstić information content (AvgIpc) is 3.12. The molecular weight excluding hydrogens is 302 g/mol. The number of H-pyrrole nitrogens is 1. The fourth-order valence-corrected chi connectivity index (χ4v) is 3.62. The van der Waals surface area contributed by atoms with E-state index in [1.165, 1.54) is 12.8 Å². The molecule has 4 heterocycles. The molecule has 1 N–H and O–H groups in total. The summed E-state index contributed by atoms with van der Waals surface area (Å²) in [6.07, 6.45) is 7.52. The molecule has 3 aromatic heterocycles. The van der Waals surface area contributed by atoms with Crippen molar-refractivity contribution in [3.63, 3.8) is 0 Å². The van der Waals surface area contributed by atoms with Crippen LogP contribution in [-0.4, -0.2) is 36.9 Å². The summed E-state index contributed by atoms with van der Waals surface area (Å²) >= 11 is 0. The van der Waals surface area contributed by atoms with Gasteiger partial charge >= 0.3 is 0 Å². The maximum Gasteiger partial charge on any atom is 0.223 e. The lowest BCUT2D eigenvalue weighted by Gasteiger charge is -2.34. The minimum Gasteiger partial charge on any atom is -0.348 e. The largest absolute Gasteiger partial charge is 0.348 e. The molecule has 0 saturated heterocycles. The Labute approximate surface area is 139 Å². The standard InChI is InChI=1S/C18H19N5O/c24-16(9-12-4-5-12)22-8-6-14-17(20-11-19-14)18(22)15-10-13-3-1-2-7-23(13)21-15/h1-3,7,10-12,18H,4-6,8-9H2,(H,19,20). The van der Waals surface area contributed by atoms with E-state index >= 15 is 0 Å². The highest BCUT2D eigenvalue weighted by Gasteiger charge is 2.37. The second-order valence-electron chi connectivity index (χ2n) is 6.79. The molecule has 0 spiro atoms. The van der Waals surface area contributed by atoms with Gasteiger partial charge in [0.2, 0.25) is 5.91 Å². The number of nitrogens with zero attached hydrogens (tertiary/aromatic N) is 4. The Morgan fingerprint density at radius 1 is 1.33 bits per heavy atom. The monoisotopic (exact) mass is 321 g/mol. The quantitative estimate of drug-likeness (QED) is 0.805. The van der Waals surface area contributed by atoms with Gasteiger partial charge in [0.1, 0.15) is 6.04 Å². The maximum absolute atomic E-state index is 12.8. The predicted octanol–water partition coefficient (Wildman–Crippen LogP) is 2.33. The number of amides is 1. The minimum atomic E-state index is -0.189. The highest BCUT2D eigenvalue weighted by molar-refractivity contribution is 5.78. The van der Waals surface area contributed by atoms with Gasteiger partial charge in [-0.05, 0) is 37.0 Å². The van der Waals surface area contributed by atoms with E-state index in [0.717, 1.165) is 35.6 Å². The van der Waals surface area contributed by atoms with Crippen LogP contribution in [0.5, 0.6) is 0 Å². The molecule has 0 radical (unpaired) electrons. The summed E-state index contributed by atoms with van der Waals surface area (Å²) in [6, 6.07) is 7.86. The fraction of sp³-hybridized carbons (Fsp3) is 0.389. The molecule has 1 aliphatic carbocycles. The molecule has 1 amide bonds. The zero-order chi connectivity index (χ0) is 16.1. The van der Waals surface area contributed by atoms with Gasteiger partial charge in [0.15, 0.2) is 0 Å². The summed E-state index contributed by atoms with van der Waals surface area (Å²) in [5.41, 5.74) is 3.98. The number of nitrogens with one attached hydrogen (secondary N) is 1. The third kappa shape index (κ3) is 2.21. The lowest BCUT2D eigenvalue weighted by molar-refractivity contribution is -0.133. The number of hydrogen-bond donors (Lipinski definition) is 1. The number of fused-ring (bicyclic) bond motifs is 2. The van der Waals surface area contributed by atoms with Crippen LogP contribution < -0.4 is 0 Å². The Kier molecular flexibility index (Phi) is 2.98. The lowest BCUT2D eigenvalue weighted by atomic mass is 9.99. The van der Waals surface area contributed by atoms with Crippen LogP contribution in [0.15, 0.2) is 36.8 Å². The van der Waals surface area contributed by atoms with Gasteiger partial charge in [-0.1, -0.05) is 6.07 Å². The van der Waals surface area contributed by atoms with Gasteiger partial charge in [0.25, 0.3) is 0 Å². The van der Waals surface area contributed by atoms with Crippen LogP contribution in [0.2, 0.25) is 0 Å². The Morgan fingerprint density at radius 3 is 3.08 bits per heavy atom. The first kappa shape index (κ1) is 13.8. The summed E-state index contributed by atoms with van der Waals surface area (Å²) in [7, 11) is 0. The van der Waals surface area contributed by atoms with Crippen LogP contribution in [0.4, 0.5) is 0 Å². The van der Waals surface area contributed by atoms with Crippen molar-refractivity contribution < 1.29 is 4.79 Å². The van der Waals surface area contributed by atoms with Crippen molar-refractivity contribution in [2.24, 2.45) is 5.92 Å². The normalized spacial score (nSPS) is 20.3. The van der Waals surface area contributed by atoms with Crippen LogP contribution in [0, 0.1) is 5.92 Å². The van der Waals surface area contributed by atoms with Crippen LogP contribution in [-0.2, 0) is 11.2 Å². The Hall–Kier alpha value is -2.63. The molecule has 1 aliphatic heterocycles. The highest BCUT2D eigenvalue weighted by Crippen LogP contribution is 2.37. The molecular formula is C18H19N5O. The number of carbonyl (C=O) groups is 1. The zero-order valence-corrected chi connectivity index (χ0v) is 13.4. The molecule has 1 saturated carbocycles. The van der Waals surface area contributed by atoms with Crippen molar-refractivity contribution in [1.82, 2.24) is 24.5 Å². The molecule has 0 bridgehead atoms. The third-order valence-corrected chi connectivity index (χ3v) is 5.07. The molecule has 0 aromatic carbocycles. The molecule has 2 aliphatic rings. The van der Waals surface area contributed by atoms with Crippen LogP contribution >= 0.6 is 0 Å². The SMILES string of the molecule is O=C(CC1CC1)N1CCc2[nH]cnc2C1c1cc2ccccn2n1. The predicted molar refractivity (Wildman–Crippen MR) is 88.4 cm³/mol. The number of carbonyl (C=O) groups excluding carboxylic acids is 1. The van der Waals surface area contributed by atoms with Gasteiger partial charge in [-0.15, -0.1) is 0 Å². The van der Waals surface area contributed by atoms with Crippen LogP contribution in [0.3, 0.4) is 0 Å². The molecule has 6 heteroatoms. The molecule has 6 nitrogen and oxygen atoms in total. The topological polar surface area (TPSA) is 66.3 Å². The molecule has 1 unspecified atom stereocenters. The first-order chi connectivity index (χ1) is 11.8. The first-order valence-electron chi connectivity index (χ1n) is 8.55. The summed E-state index contributed by atoms with van der Waals surface area (Å²) < 4.78 is 1.86. The second-order valence-corrected chi connectivity index (χ2v) is 6.79. The van der Waals surface area contributed by atoms with E-state index < -0.39 is 0 Å². The molecule has 24 heavy (non-hydrogen) atoms. The molecule has 5 rings (SSSR count). The smallest absolute Gasteiger partial charge is 0.223 e. The van der Waals surface area contributed by atoms with E-state index in [1.54, 1.807) is 6.33 Å². The van der Waals surface area contributed by atoms with Gasteiger partial charge in [-0.25, -0.2) is 9.50 Å². The van der Waals surface area contributed by atoms with Gasteiger partial charge in [-0.2, -0.15) is 5.10 Å². The van der Waals surface area contributed by atoms with E-state index in [2.05, 4.69) is 16.0 Å². The Balaban J connectivity index is 1.58. The zero-order valence-electron chi connectivity index (χ0n) is 13.4. The van der Waals surface area contributed by atoms with Gasteiger partial charge < -0.3 is 9.88 Å². The number of hydrogen-bond acceptors (Lipinski definition) is 3. The van der Waals surface area contributed by atoms with E-state index in [-0.39, 0.29) is 11.9 Å². The van der Waals surface area contributed by atoms with E-state index in [4.69, 9.17) is 5.10 Å². The van der Waals surface area contributed by atoms with Crippen molar-refractivity contribution in [3.8, 4) is 0 Å².